The lowest BCUT2D eigenvalue weighted by Gasteiger charge is -2.24. The Labute approximate surface area is 72.2 Å². The first-order chi connectivity index (χ1) is 4.70. The minimum absolute atomic E-state index is 0.328. The van der Waals surface area contributed by atoms with Crippen molar-refractivity contribution in [2.24, 2.45) is 5.92 Å². The molecule has 2 heteroatoms. The summed E-state index contributed by atoms with van der Waals surface area (Å²) >= 11 is 11.7. The number of hydrogen-bond donors (Lipinski definition) is 0. The van der Waals surface area contributed by atoms with Crippen molar-refractivity contribution < 1.29 is 0 Å². The number of alkyl halides is 1. The first-order valence-corrected chi connectivity index (χ1v) is 4.50. The van der Waals surface area contributed by atoms with E-state index in [1.165, 1.54) is 12.8 Å². The molecule has 1 fully saturated rings. The largest absolute Gasteiger partial charge is 0.123 e. The molecule has 0 aromatic heterocycles. The van der Waals surface area contributed by atoms with Gasteiger partial charge in [0, 0.05) is 10.4 Å². The molecule has 10 heavy (non-hydrogen) atoms. The zero-order chi connectivity index (χ0) is 7.56. The van der Waals surface area contributed by atoms with Crippen molar-refractivity contribution in [3.05, 3.63) is 11.6 Å². The van der Waals surface area contributed by atoms with Crippen LogP contribution < -0.4 is 0 Å². The number of allylic oxidation sites excluding steroid dienone is 1. The summed E-state index contributed by atoms with van der Waals surface area (Å²) in [6, 6.07) is 0. The Bertz CT molecular complexity index is 131. The van der Waals surface area contributed by atoms with E-state index < -0.39 is 0 Å². The van der Waals surface area contributed by atoms with Crippen LogP contribution in [0.25, 0.3) is 0 Å². The highest BCUT2D eigenvalue weighted by molar-refractivity contribution is 6.29. The molecule has 1 aliphatic carbocycles. The van der Waals surface area contributed by atoms with Gasteiger partial charge in [0.25, 0.3) is 0 Å². The van der Waals surface area contributed by atoms with Gasteiger partial charge in [0.2, 0.25) is 0 Å². The third kappa shape index (κ3) is 2.17. The molecule has 1 rings (SSSR count). The van der Waals surface area contributed by atoms with Crippen molar-refractivity contribution >= 4 is 23.2 Å². The molecular formula is C8H12Cl2. The smallest absolute Gasteiger partial charge is 0.0342 e. The van der Waals surface area contributed by atoms with Gasteiger partial charge in [0.1, 0.15) is 0 Å². The molecule has 0 spiro atoms. The summed E-state index contributed by atoms with van der Waals surface area (Å²) in [5.74, 6) is 0.470. The van der Waals surface area contributed by atoms with E-state index in [1.54, 1.807) is 0 Å². The zero-order valence-corrected chi connectivity index (χ0v) is 7.46. The molecule has 58 valence electrons. The van der Waals surface area contributed by atoms with Crippen molar-refractivity contribution in [1.82, 2.24) is 0 Å². The van der Waals surface area contributed by atoms with Crippen molar-refractivity contribution in [3.63, 3.8) is 0 Å². The maximum Gasteiger partial charge on any atom is 0.0342 e. The van der Waals surface area contributed by atoms with Gasteiger partial charge in [0.15, 0.2) is 0 Å². The van der Waals surface area contributed by atoms with Crippen molar-refractivity contribution in [1.29, 1.82) is 0 Å². The Morgan fingerprint density at radius 3 is 2.50 bits per heavy atom. The molecule has 1 aliphatic rings. The Kier molecular flexibility index (Phi) is 3.06. The molecule has 2 atom stereocenters. The molecular weight excluding hydrogens is 167 g/mol. The summed E-state index contributed by atoms with van der Waals surface area (Å²) < 4.78 is 0. The SMILES string of the molecule is C=C(Cl)C1CCCC(Cl)C1. The third-order valence-electron chi connectivity index (χ3n) is 2.05. The van der Waals surface area contributed by atoms with E-state index in [-0.39, 0.29) is 0 Å². The lowest BCUT2D eigenvalue weighted by Crippen LogP contribution is -2.15. The minimum atomic E-state index is 0.328. The van der Waals surface area contributed by atoms with Crippen LogP contribution in [0.2, 0.25) is 0 Å². The highest BCUT2D eigenvalue weighted by Gasteiger charge is 2.21. The van der Waals surface area contributed by atoms with Crippen LogP contribution in [0.4, 0.5) is 0 Å². The van der Waals surface area contributed by atoms with Gasteiger partial charge in [-0.2, -0.15) is 0 Å². The second-order valence-electron chi connectivity index (χ2n) is 2.91. The molecule has 0 heterocycles. The highest BCUT2D eigenvalue weighted by atomic mass is 35.5. The molecule has 0 aromatic rings. The Morgan fingerprint density at radius 2 is 2.10 bits per heavy atom. The van der Waals surface area contributed by atoms with Gasteiger partial charge in [-0.25, -0.2) is 0 Å². The van der Waals surface area contributed by atoms with Gasteiger partial charge >= 0.3 is 0 Å². The van der Waals surface area contributed by atoms with Crippen LogP contribution in [-0.2, 0) is 0 Å². The standard InChI is InChI=1S/C8H12Cl2/c1-6(9)7-3-2-4-8(10)5-7/h7-8H,1-5H2. The van der Waals surface area contributed by atoms with Gasteiger partial charge in [-0.05, 0) is 25.2 Å². The van der Waals surface area contributed by atoms with Crippen LogP contribution in [0.1, 0.15) is 25.7 Å². The topological polar surface area (TPSA) is 0 Å². The summed E-state index contributed by atoms with van der Waals surface area (Å²) in [4.78, 5) is 0. The molecule has 0 aromatic carbocycles. The van der Waals surface area contributed by atoms with E-state index in [0.717, 1.165) is 17.9 Å². The maximum absolute atomic E-state index is 5.96. The second-order valence-corrected chi connectivity index (χ2v) is 4.01. The fraction of sp³-hybridized carbons (Fsp3) is 0.750. The molecule has 2 unspecified atom stereocenters. The lowest BCUT2D eigenvalue weighted by molar-refractivity contribution is 0.420. The second kappa shape index (κ2) is 3.64. The number of rotatable bonds is 1. The Morgan fingerprint density at radius 1 is 1.40 bits per heavy atom. The first-order valence-electron chi connectivity index (χ1n) is 3.68. The highest BCUT2D eigenvalue weighted by Crippen LogP contribution is 2.33. The molecule has 0 nitrogen and oxygen atoms in total. The van der Waals surface area contributed by atoms with E-state index in [1.807, 2.05) is 0 Å². The molecule has 1 saturated carbocycles. The van der Waals surface area contributed by atoms with Crippen LogP contribution in [0.15, 0.2) is 11.6 Å². The van der Waals surface area contributed by atoms with E-state index in [9.17, 15) is 0 Å². The van der Waals surface area contributed by atoms with Crippen LogP contribution >= 0.6 is 23.2 Å². The fourth-order valence-corrected chi connectivity index (χ4v) is 1.98. The van der Waals surface area contributed by atoms with Gasteiger partial charge in [-0.3, -0.25) is 0 Å². The van der Waals surface area contributed by atoms with Gasteiger partial charge in [-0.15, -0.1) is 11.6 Å². The first kappa shape index (κ1) is 8.42. The quantitative estimate of drug-likeness (QED) is 0.540. The van der Waals surface area contributed by atoms with E-state index in [4.69, 9.17) is 23.2 Å². The Hall–Kier alpha value is 0.320. The maximum atomic E-state index is 5.96. The molecule has 0 bridgehead atoms. The summed E-state index contributed by atoms with van der Waals surface area (Å²) in [5.41, 5.74) is 0. The number of hydrogen-bond acceptors (Lipinski definition) is 0. The van der Waals surface area contributed by atoms with Crippen LogP contribution in [0, 0.1) is 5.92 Å². The molecule has 0 aliphatic heterocycles. The summed E-state index contributed by atoms with van der Waals surface area (Å²) in [7, 11) is 0. The fourth-order valence-electron chi connectivity index (χ4n) is 1.41. The van der Waals surface area contributed by atoms with Crippen LogP contribution in [0.5, 0.6) is 0 Å². The zero-order valence-electron chi connectivity index (χ0n) is 5.95. The molecule has 0 saturated heterocycles. The number of halogens is 2. The summed E-state index contributed by atoms with van der Waals surface area (Å²) in [5, 5.41) is 1.11. The van der Waals surface area contributed by atoms with Gasteiger partial charge in [-0.1, -0.05) is 24.6 Å². The normalized spacial score (nSPS) is 33.8. The molecule has 0 radical (unpaired) electrons. The predicted octanol–water partition coefficient (Wildman–Crippen LogP) is 3.54. The van der Waals surface area contributed by atoms with Crippen LogP contribution in [-0.4, -0.2) is 5.38 Å². The summed E-state index contributed by atoms with van der Waals surface area (Å²) in [6.45, 7) is 3.72. The average molecular weight is 179 g/mol. The van der Waals surface area contributed by atoms with Crippen molar-refractivity contribution in [2.75, 3.05) is 0 Å². The van der Waals surface area contributed by atoms with Gasteiger partial charge in [0.05, 0.1) is 0 Å². The predicted molar refractivity (Wildman–Crippen MR) is 46.6 cm³/mol. The van der Waals surface area contributed by atoms with E-state index >= 15 is 0 Å². The third-order valence-corrected chi connectivity index (χ3v) is 2.76. The molecule has 0 N–H and O–H groups in total. The van der Waals surface area contributed by atoms with E-state index in [2.05, 4.69) is 6.58 Å². The summed E-state index contributed by atoms with van der Waals surface area (Å²) in [6.07, 6.45) is 4.53. The van der Waals surface area contributed by atoms with Crippen molar-refractivity contribution in [3.8, 4) is 0 Å². The van der Waals surface area contributed by atoms with Gasteiger partial charge < -0.3 is 0 Å². The minimum Gasteiger partial charge on any atom is -0.123 e. The van der Waals surface area contributed by atoms with E-state index in [0.29, 0.717) is 11.3 Å². The van der Waals surface area contributed by atoms with Crippen LogP contribution in [0.3, 0.4) is 0 Å². The Balaban J connectivity index is 2.39. The van der Waals surface area contributed by atoms with Crippen molar-refractivity contribution in [2.45, 2.75) is 31.1 Å². The lowest BCUT2D eigenvalue weighted by atomic mass is 9.89. The molecule has 0 amide bonds. The average Bonchev–Trinajstić information content (AvgIpc) is 1.88. The monoisotopic (exact) mass is 178 g/mol.